The van der Waals surface area contributed by atoms with Crippen LogP contribution in [0, 0.1) is 0 Å². The van der Waals surface area contributed by atoms with Gasteiger partial charge in [0.15, 0.2) is 0 Å². The molecule has 0 aliphatic heterocycles. The molecule has 5 nitrogen and oxygen atoms in total. The van der Waals surface area contributed by atoms with Gasteiger partial charge in [0.05, 0.1) is 12.4 Å². The molecule has 0 fully saturated rings. The molecule has 2 aromatic rings. The molecule has 1 heterocycles. The Bertz CT molecular complexity index is 512. The van der Waals surface area contributed by atoms with Crippen LogP contribution >= 0.6 is 11.6 Å². The lowest BCUT2D eigenvalue weighted by atomic mass is 10.3. The topological polar surface area (TPSA) is 47.4 Å². The number of para-hydroxylation sites is 1. The van der Waals surface area contributed by atoms with E-state index in [9.17, 15) is 4.79 Å². The third-order valence-corrected chi connectivity index (χ3v) is 2.42. The molecule has 0 saturated heterocycles. The van der Waals surface area contributed by atoms with Crippen molar-refractivity contribution < 1.29 is 9.63 Å². The van der Waals surface area contributed by atoms with E-state index in [0.717, 1.165) is 10.4 Å². The third-order valence-electron chi connectivity index (χ3n) is 2.16. The van der Waals surface area contributed by atoms with Crippen LogP contribution in [-0.4, -0.2) is 22.9 Å². The van der Waals surface area contributed by atoms with Crippen molar-refractivity contribution >= 4 is 23.4 Å². The summed E-state index contributed by atoms with van der Waals surface area (Å²) in [5.74, 6) is 0. The zero-order chi connectivity index (χ0) is 12.3. The minimum atomic E-state index is -0.545. The predicted octanol–water partition coefficient (Wildman–Crippen LogP) is 2.22. The second kappa shape index (κ2) is 4.88. The fraction of sp³-hybridized carbons (Fsp3) is 0.0909. The number of benzene rings is 1. The summed E-state index contributed by atoms with van der Waals surface area (Å²) in [6.07, 6.45) is 2.35. The van der Waals surface area contributed by atoms with Crippen LogP contribution in [0.5, 0.6) is 0 Å². The van der Waals surface area contributed by atoms with E-state index in [4.69, 9.17) is 16.4 Å². The highest BCUT2D eigenvalue weighted by atomic mass is 35.5. The second-order valence-electron chi connectivity index (χ2n) is 3.27. The largest absolute Gasteiger partial charge is 0.438 e. The number of halogens is 1. The Morgan fingerprint density at radius 1 is 1.41 bits per heavy atom. The van der Waals surface area contributed by atoms with E-state index in [2.05, 4.69) is 4.98 Å². The van der Waals surface area contributed by atoms with Crippen molar-refractivity contribution in [2.75, 3.05) is 11.9 Å². The molecule has 1 aromatic carbocycles. The lowest BCUT2D eigenvalue weighted by Crippen LogP contribution is -2.33. The van der Waals surface area contributed by atoms with Gasteiger partial charge in [0.1, 0.15) is 0 Å². The molecule has 0 radical (unpaired) electrons. The first-order chi connectivity index (χ1) is 8.18. The van der Waals surface area contributed by atoms with Crippen LogP contribution in [0.25, 0.3) is 0 Å². The first kappa shape index (κ1) is 11.5. The van der Waals surface area contributed by atoms with Crippen molar-refractivity contribution in [2.24, 2.45) is 0 Å². The summed E-state index contributed by atoms with van der Waals surface area (Å²) in [6, 6.07) is 9.15. The average molecular weight is 252 g/mol. The molecular weight excluding hydrogens is 242 g/mol. The smallest absolute Gasteiger partial charge is 0.314 e. The summed E-state index contributed by atoms with van der Waals surface area (Å²) in [7, 11) is 1.61. The van der Waals surface area contributed by atoms with E-state index in [0.29, 0.717) is 0 Å². The van der Waals surface area contributed by atoms with Gasteiger partial charge in [-0.15, -0.1) is 4.73 Å². The van der Waals surface area contributed by atoms with Gasteiger partial charge < -0.3 is 4.84 Å². The highest BCUT2D eigenvalue weighted by Gasteiger charge is 2.14. The molecule has 0 bridgehead atoms. The first-order valence-electron chi connectivity index (χ1n) is 4.88. The summed E-state index contributed by atoms with van der Waals surface area (Å²) >= 11 is 5.69. The fourth-order valence-corrected chi connectivity index (χ4v) is 1.39. The SMILES string of the molecule is CN(C(=O)On1ccnc1Cl)c1ccccc1. The molecule has 1 amide bonds. The van der Waals surface area contributed by atoms with Gasteiger partial charge in [-0.3, -0.25) is 4.90 Å². The third kappa shape index (κ3) is 2.57. The van der Waals surface area contributed by atoms with Crippen LogP contribution in [0.2, 0.25) is 5.28 Å². The van der Waals surface area contributed by atoms with Crippen molar-refractivity contribution in [1.82, 2.24) is 9.71 Å². The maximum absolute atomic E-state index is 11.8. The minimum absolute atomic E-state index is 0.0970. The number of carbonyl (C=O) groups excluding carboxylic acids is 1. The minimum Gasteiger partial charge on any atom is -0.314 e. The van der Waals surface area contributed by atoms with Crippen LogP contribution in [0.3, 0.4) is 0 Å². The zero-order valence-electron chi connectivity index (χ0n) is 9.08. The summed E-state index contributed by atoms with van der Waals surface area (Å²) < 4.78 is 1.10. The molecule has 2 rings (SSSR count). The molecule has 6 heteroatoms. The quantitative estimate of drug-likeness (QED) is 0.822. The number of carbonyl (C=O) groups is 1. The Hall–Kier alpha value is -2.01. The number of nitrogens with zero attached hydrogens (tertiary/aromatic N) is 3. The molecule has 88 valence electrons. The Kier molecular flexibility index (Phi) is 3.30. The van der Waals surface area contributed by atoms with Gasteiger partial charge in [-0.1, -0.05) is 18.2 Å². The highest BCUT2D eigenvalue weighted by molar-refractivity contribution is 6.28. The monoisotopic (exact) mass is 251 g/mol. The fourth-order valence-electron chi connectivity index (χ4n) is 1.24. The van der Waals surface area contributed by atoms with Crippen molar-refractivity contribution in [3.05, 3.63) is 48.0 Å². The summed E-state index contributed by atoms with van der Waals surface area (Å²) in [5, 5.41) is 0.0970. The van der Waals surface area contributed by atoms with E-state index in [-0.39, 0.29) is 5.28 Å². The standard InChI is InChI=1S/C11H10ClN3O2/c1-14(9-5-3-2-4-6-9)11(16)17-15-8-7-13-10(15)12/h2-8H,1H3. The van der Waals surface area contributed by atoms with Gasteiger partial charge in [0.2, 0.25) is 5.28 Å². The van der Waals surface area contributed by atoms with Crippen LogP contribution in [-0.2, 0) is 0 Å². The summed E-state index contributed by atoms with van der Waals surface area (Å²) in [4.78, 5) is 21.9. The molecule has 17 heavy (non-hydrogen) atoms. The van der Waals surface area contributed by atoms with Gasteiger partial charge in [-0.05, 0) is 23.7 Å². The molecule has 0 aliphatic rings. The van der Waals surface area contributed by atoms with Crippen molar-refractivity contribution in [3.63, 3.8) is 0 Å². The number of anilines is 1. The lowest BCUT2D eigenvalue weighted by Gasteiger charge is -2.16. The van der Waals surface area contributed by atoms with E-state index >= 15 is 0 Å². The van der Waals surface area contributed by atoms with Crippen molar-refractivity contribution in [1.29, 1.82) is 0 Å². The lowest BCUT2D eigenvalue weighted by molar-refractivity contribution is 0.141. The van der Waals surface area contributed by atoms with Gasteiger partial charge in [0, 0.05) is 12.7 Å². The maximum Gasteiger partial charge on any atom is 0.438 e. The molecule has 0 unspecified atom stereocenters. The molecule has 1 aromatic heterocycles. The normalized spacial score (nSPS) is 10.0. The van der Waals surface area contributed by atoms with Gasteiger partial charge in [-0.2, -0.15) is 0 Å². The maximum atomic E-state index is 11.8. The van der Waals surface area contributed by atoms with Gasteiger partial charge in [-0.25, -0.2) is 9.78 Å². The molecule has 0 atom stereocenters. The predicted molar refractivity (Wildman–Crippen MR) is 64.1 cm³/mol. The number of imidazole rings is 1. The molecule has 0 aliphatic carbocycles. The number of rotatable bonds is 2. The summed E-state index contributed by atoms with van der Waals surface area (Å²) in [6.45, 7) is 0. The highest BCUT2D eigenvalue weighted by Crippen LogP contribution is 2.12. The van der Waals surface area contributed by atoms with Crippen LogP contribution in [0.4, 0.5) is 10.5 Å². The molecule has 0 spiro atoms. The number of hydrogen-bond donors (Lipinski definition) is 0. The van der Waals surface area contributed by atoms with Gasteiger partial charge in [0.25, 0.3) is 0 Å². The van der Waals surface area contributed by atoms with Crippen LogP contribution in [0.1, 0.15) is 0 Å². The Morgan fingerprint density at radius 3 is 2.71 bits per heavy atom. The number of hydrogen-bond acceptors (Lipinski definition) is 3. The molecule has 0 saturated carbocycles. The van der Waals surface area contributed by atoms with E-state index in [1.165, 1.54) is 17.3 Å². The van der Waals surface area contributed by atoms with Crippen LogP contribution in [0.15, 0.2) is 42.7 Å². The van der Waals surface area contributed by atoms with Crippen molar-refractivity contribution in [2.45, 2.75) is 0 Å². The van der Waals surface area contributed by atoms with Crippen molar-refractivity contribution in [3.8, 4) is 0 Å². The zero-order valence-corrected chi connectivity index (χ0v) is 9.83. The van der Waals surface area contributed by atoms with Gasteiger partial charge >= 0.3 is 6.09 Å². The average Bonchev–Trinajstić information content (AvgIpc) is 2.75. The first-order valence-corrected chi connectivity index (χ1v) is 5.26. The Morgan fingerprint density at radius 2 is 2.12 bits per heavy atom. The summed E-state index contributed by atoms with van der Waals surface area (Å²) in [5.41, 5.74) is 0.730. The van der Waals surface area contributed by atoms with E-state index in [1.807, 2.05) is 18.2 Å². The Labute approximate surface area is 103 Å². The van der Waals surface area contributed by atoms with E-state index < -0.39 is 6.09 Å². The number of amides is 1. The second-order valence-corrected chi connectivity index (χ2v) is 3.61. The van der Waals surface area contributed by atoms with E-state index in [1.54, 1.807) is 19.2 Å². The van der Waals surface area contributed by atoms with Crippen LogP contribution < -0.4 is 9.74 Å². The Balaban J connectivity index is 2.09. The molecular formula is C11H10ClN3O2. The molecule has 0 N–H and O–H groups in total. The number of aromatic nitrogens is 2.